The largest absolute Gasteiger partial charge is 0.326 e. The molecule has 1 heterocycles. The third-order valence-corrected chi connectivity index (χ3v) is 3.09. The minimum Gasteiger partial charge on any atom is -0.326 e. The van der Waals surface area contributed by atoms with E-state index < -0.39 is 23.9 Å². The SMILES string of the molecule is CC(N)C(c1ccccc1F)N1CC(=O)NC(=O)C1. The summed E-state index contributed by atoms with van der Waals surface area (Å²) in [5.41, 5.74) is 6.31. The second-order valence-corrected chi connectivity index (χ2v) is 4.70. The molecule has 0 aliphatic carbocycles. The summed E-state index contributed by atoms with van der Waals surface area (Å²) in [6.45, 7) is 1.80. The Hall–Kier alpha value is -1.79. The van der Waals surface area contributed by atoms with Crippen LogP contribution in [0.25, 0.3) is 0 Å². The van der Waals surface area contributed by atoms with Gasteiger partial charge in [0.1, 0.15) is 5.82 Å². The van der Waals surface area contributed by atoms with Gasteiger partial charge < -0.3 is 5.73 Å². The van der Waals surface area contributed by atoms with Crippen LogP contribution in [0.3, 0.4) is 0 Å². The summed E-state index contributed by atoms with van der Waals surface area (Å²) in [6, 6.07) is 5.36. The molecular formula is C13H16FN3O2. The summed E-state index contributed by atoms with van der Waals surface area (Å²) >= 11 is 0. The minimum absolute atomic E-state index is 0.0340. The molecule has 2 rings (SSSR count). The van der Waals surface area contributed by atoms with Crippen LogP contribution in [0.1, 0.15) is 18.5 Å². The summed E-state index contributed by atoms with van der Waals surface area (Å²) in [5, 5.41) is 2.22. The van der Waals surface area contributed by atoms with Gasteiger partial charge in [0.25, 0.3) is 0 Å². The number of halogens is 1. The molecule has 6 heteroatoms. The molecule has 0 bridgehead atoms. The van der Waals surface area contributed by atoms with Gasteiger partial charge in [-0.3, -0.25) is 19.8 Å². The lowest BCUT2D eigenvalue weighted by molar-refractivity contribution is -0.137. The Balaban J connectivity index is 2.33. The molecule has 2 amide bonds. The molecule has 3 N–H and O–H groups in total. The molecule has 0 radical (unpaired) electrons. The van der Waals surface area contributed by atoms with Gasteiger partial charge in [-0.2, -0.15) is 0 Å². The van der Waals surface area contributed by atoms with Crippen molar-refractivity contribution in [1.29, 1.82) is 0 Å². The summed E-state index contributed by atoms with van der Waals surface area (Å²) in [5.74, 6) is -1.17. The van der Waals surface area contributed by atoms with E-state index in [-0.39, 0.29) is 18.9 Å². The van der Waals surface area contributed by atoms with E-state index in [1.165, 1.54) is 6.07 Å². The number of nitrogens with one attached hydrogen (secondary N) is 1. The Labute approximate surface area is 110 Å². The zero-order valence-corrected chi connectivity index (χ0v) is 10.6. The number of nitrogens with zero attached hydrogens (tertiary/aromatic N) is 1. The molecule has 1 fully saturated rings. The number of nitrogens with two attached hydrogens (primary N) is 1. The van der Waals surface area contributed by atoms with Crippen molar-refractivity contribution in [2.45, 2.75) is 19.0 Å². The van der Waals surface area contributed by atoms with Crippen LogP contribution < -0.4 is 11.1 Å². The average Bonchev–Trinajstić information content (AvgIpc) is 2.30. The Morgan fingerprint density at radius 3 is 2.37 bits per heavy atom. The van der Waals surface area contributed by atoms with Crippen LogP contribution in [0.5, 0.6) is 0 Å². The summed E-state index contributed by atoms with van der Waals surface area (Å²) < 4.78 is 13.9. The van der Waals surface area contributed by atoms with Crippen molar-refractivity contribution in [1.82, 2.24) is 10.2 Å². The fourth-order valence-corrected chi connectivity index (χ4v) is 2.38. The third kappa shape index (κ3) is 2.97. The molecule has 2 unspecified atom stereocenters. The number of carbonyl (C=O) groups excluding carboxylic acids is 2. The van der Waals surface area contributed by atoms with E-state index in [2.05, 4.69) is 5.32 Å². The van der Waals surface area contributed by atoms with Crippen LogP contribution in [0.15, 0.2) is 24.3 Å². The van der Waals surface area contributed by atoms with Gasteiger partial charge in [0.05, 0.1) is 19.1 Å². The van der Waals surface area contributed by atoms with Gasteiger partial charge in [0.15, 0.2) is 0 Å². The van der Waals surface area contributed by atoms with E-state index in [4.69, 9.17) is 5.73 Å². The first kappa shape index (κ1) is 13.6. The first-order valence-electron chi connectivity index (χ1n) is 6.06. The van der Waals surface area contributed by atoms with E-state index in [0.29, 0.717) is 5.56 Å². The van der Waals surface area contributed by atoms with Crippen molar-refractivity contribution in [2.75, 3.05) is 13.1 Å². The second kappa shape index (κ2) is 5.46. The number of piperazine rings is 1. The standard InChI is InChI=1S/C13H16FN3O2/c1-8(15)13(9-4-2-3-5-10(9)14)17-6-11(18)16-12(19)7-17/h2-5,8,13H,6-7,15H2,1H3,(H,16,18,19). The summed E-state index contributed by atoms with van der Waals surface area (Å²) in [4.78, 5) is 24.4. The highest BCUT2D eigenvalue weighted by Gasteiger charge is 2.32. The Bertz CT molecular complexity index is 488. The molecule has 0 spiro atoms. The first-order valence-corrected chi connectivity index (χ1v) is 6.06. The fourth-order valence-electron chi connectivity index (χ4n) is 2.38. The van der Waals surface area contributed by atoms with Crippen LogP contribution in [0, 0.1) is 5.82 Å². The van der Waals surface area contributed by atoms with Crippen molar-refractivity contribution in [2.24, 2.45) is 5.73 Å². The highest BCUT2D eigenvalue weighted by molar-refractivity contribution is 5.99. The molecule has 1 aliphatic rings. The van der Waals surface area contributed by atoms with Gasteiger partial charge in [-0.1, -0.05) is 18.2 Å². The van der Waals surface area contributed by atoms with Gasteiger partial charge in [0, 0.05) is 11.6 Å². The van der Waals surface area contributed by atoms with Gasteiger partial charge in [0.2, 0.25) is 11.8 Å². The Kier molecular flexibility index (Phi) is 3.92. The van der Waals surface area contributed by atoms with Crippen LogP contribution in [-0.4, -0.2) is 35.8 Å². The van der Waals surface area contributed by atoms with E-state index in [1.54, 1.807) is 30.0 Å². The lowest BCUT2D eigenvalue weighted by Crippen LogP contribution is -2.55. The van der Waals surface area contributed by atoms with Gasteiger partial charge in [-0.25, -0.2) is 4.39 Å². The molecule has 1 saturated heterocycles. The number of benzene rings is 1. The zero-order chi connectivity index (χ0) is 14.0. The van der Waals surface area contributed by atoms with E-state index in [0.717, 1.165) is 0 Å². The molecule has 0 saturated carbocycles. The van der Waals surface area contributed by atoms with Crippen LogP contribution in [-0.2, 0) is 9.59 Å². The van der Waals surface area contributed by atoms with Crippen molar-refractivity contribution < 1.29 is 14.0 Å². The smallest absolute Gasteiger partial charge is 0.240 e. The number of amides is 2. The Morgan fingerprint density at radius 2 is 1.84 bits per heavy atom. The van der Waals surface area contributed by atoms with Crippen LogP contribution in [0.4, 0.5) is 4.39 Å². The second-order valence-electron chi connectivity index (χ2n) is 4.70. The van der Waals surface area contributed by atoms with E-state index >= 15 is 0 Å². The van der Waals surface area contributed by atoms with E-state index in [9.17, 15) is 14.0 Å². The molecular weight excluding hydrogens is 249 g/mol. The number of hydrogen-bond acceptors (Lipinski definition) is 4. The van der Waals surface area contributed by atoms with Crippen LogP contribution >= 0.6 is 0 Å². The number of imide groups is 1. The van der Waals surface area contributed by atoms with E-state index in [1.807, 2.05) is 0 Å². The molecule has 5 nitrogen and oxygen atoms in total. The Morgan fingerprint density at radius 1 is 1.26 bits per heavy atom. The molecule has 2 atom stereocenters. The predicted molar refractivity (Wildman–Crippen MR) is 67.5 cm³/mol. The maximum Gasteiger partial charge on any atom is 0.240 e. The summed E-state index contributed by atoms with van der Waals surface area (Å²) in [7, 11) is 0. The molecule has 1 aromatic carbocycles. The minimum atomic E-state index is -0.504. The lowest BCUT2D eigenvalue weighted by atomic mass is 9.98. The first-order chi connectivity index (χ1) is 8.99. The van der Waals surface area contributed by atoms with Crippen molar-refractivity contribution >= 4 is 11.8 Å². The number of carbonyl (C=O) groups is 2. The maximum atomic E-state index is 13.9. The monoisotopic (exact) mass is 265 g/mol. The van der Waals surface area contributed by atoms with Crippen LogP contribution in [0.2, 0.25) is 0 Å². The number of hydrogen-bond donors (Lipinski definition) is 2. The third-order valence-electron chi connectivity index (χ3n) is 3.09. The normalized spacial score (nSPS) is 19.9. The maximum absolute atomic E-state index is 13.9. The summed E-state index contributed by atoms with van der Waals surface area (Å²) in [6.07, 6.45) is 0. The van der Waals surface area contributed by atoms with Crippen molar-refractivity contribution in [3.8, 4) is 0 Å². The van der Waals surface area contributed by atoms with Gasteiger partial charge >= 0.3 is 0 Å². The highest BCUT2D eigenvalue weighted by atomic mass is 19.1. The predicted octanol–water partition coefficient (Wildman–Crippen LogP) is 0.172. The number of rotatable bonds is 3. The molecule has 102 valence electrons. The van der Waals surface area contributed by atoms with Gasteiger partial charge in [-0.15, -0.1) is 0 Å². The molecule has 1 aliphatic heterocycles. The lowest BCUT2D eigenvalue weighted by Gasteiger charge is -2.35. The zero-order valence-electron chi connectivity index (χ0n) is 10.6. The van der Waals surface area contributed by atoms with Crippen molar-refractivity contribution in [3.63, 3.8) is 0 Å². The quantitative estimate of drug-likeness (QED) is 0.764. The average molecular weight is 265 g/mol. The molecule has 1 aromatic rings. The fraction of sp³-hybridized carbons (Fsp3) is 0.385. The highest BCUT2D eigenvalue weighted by Crippen LogP contribution is 2.26. The van der Waals surface area contributed by atoms with Gasteiger partial charge in [-0.05, 0) is 13.0 Å². The van der Waals surface area contributed by atoms with Crippen molar-refractivity contribution in [3.05, 3.63) is 35.6 Å². The molecule has 0 aromatic heterocycles. The topological polar surface area (TPSA) is 75.4 Å². The molecule has 19 heavy (non-hydrogen) atoms.